The van der Waals surface area contributed by atoms with Gasteiger partial charge >= 0.3 is 0 Å². The van der Waals surface area contributed by atoms with Gasteiger partial charge in [0.05, 0.1) is 13.2 Å². The van der Waals surface area contributed by atoms with Crippen LogP contribution in [-0.2, 0) is 14.2 Å². The molecule has 2 unspecified atom stereocenters. The minimum Gasteiger partial charge on any atom is -0.394 e. The highest BCUT2D eigenvalue weighted by Gasteiger charge is 2.58. The molecule has 0 spiro atoms. The first-order valence-electron chi connectivity index (χ1n) is 7.05. The van der Waals surface area contributed by atoms with Crippen molar-refractivity contribution in [1.29, 1.82) is 0 Å². The molecule has 0 bridgehead atoms. The van der Waals surface area contributed by atoms with E-state index in [1.165, 1.54) is 0 Å². The molecule has 23 heavy (non-hydrogen) atoms. The monoisotopic (exact) mass is 342 g/mol. The number of ether oxygens (including phenoxy) is 3. The van der Waals surface area contributed by atoms with Crippen LogP contribution in [0, 0.1) is 0 Å². The Kier molecular flexibility index (Phi) is 5.92. The molecule has 136 valence electrons. The van der Waals surface area contributed by atoms with Gasteiger partial charge in [0.25, 0.3) is 0 Å². The van der Waals surface area contributed by atoms with Gasteiger partial charge in [-0.25, -0.2) is 0 Å². The van der Waals surface area contributed by atoms with E-state index in [0.29, 0.717) is 0 Å². The maximum Gasteiger partial charge on any atom is 0.224 e. The molecule has 0 aliphatic carbocycles. The molecule has 2 aliphatic rings. The minimum absolute atomic E-state index is 0.669. The van der Waals surface area contributed by atoms with Gasteiger partial charge in [-0.15, -0.1) is 0 Å². The second-order valence-corrected chi connectivity index (χ2v) is 5.56. The van der Waals surface area contributed by atoms with Gasteiger partial charge in [0, 0.05) is 0 Å². The maximum atomic E-state index is 10.00. The number of hydrogen-bond donors (Lipinski definition) is 8. The molecular formula is C12H22O11. The predicted octanol–water partition coefficient (Wildman–Crippen LogP) is -5.40. The highest BCUT2D eigenvalue weighted by molar-refractivity contribution is 4.98. The Morgan fingerprint density at radius 3 is 1.87 bits per heavy atom. The molecule has 8 N–H and O–H groups in total. The molecule has 11 nitrogen and oxygen atoms in total. The van der Waals surface area contributed by atoms with E-state index < -0.39 is 74.6 Å². The van der Waals surface area contributed by atoms with Gasteiger partial charge in [0.15, 0.2) is 6.29 Å². The van der Waals surface area contributed by atoms with Crippen LogP contribution < -0.4 is 0 Å². The first-order chi connectivity index (χ1) is 10.8. The second kappa shape index (κ2) is 7.21. The van der Waals surface area contributed by atoms with Gasteiger partial charge in [0.1, 0.15) is 49.3 Å². The molecule has 2 saturated heterocycles. The topological polar surface area (TPSA) is 190 Å². The van der Waals surface area contributed by atoms with Gasteiger partial charge in [-0.05, 0) is 0 Å². The summed E-state index contributed by atoms with van der Waals surface area (Å²) in [6.45, 7) is -2.32. The van der Waals surface area contributed by atoms with Crippen molar-refractivity contribution >= 4 is 0 Å². The van der Waals surface area contributed by atoms with Crippen LogP contribution in [0.5, 0.6) is 0 Å². The van der Waals surface area contributed by atoms with Crippen molar-refractivity contribution in [3.8, 4) is 0 Å². The minimum atomic E-state index is -2.22. The zero-order valence-corrected chi connectivity index (χ0v) is 12.0. The fourth-order valence-corrected chi connectivity index (χ4v) is 2.63. The highest BCUT2D eigenvalue weighted by atomic mass is 16.8. The van der Waals surface area contributed by atoms with E-state index in [9.17, 15) is 30.6 Å². The SMILES string of the molecule is OC[C@H]1OC(CO)(OC2O[C@H](CO)[C@@H](O)[C@@H](O)[C@H]2O)[C@@H](O)[C@@H]1O. The van der Waals surface area contributed by atoms with Crippen molar-refractivity contribution in [3.63, 3.8) is 0 Å². The zero-order chi connectivity index (χ0) is 17.4. The molecule has 0 radical (unpaired) electrons. The highest BCUT2D eigenvalue weighted by Crippen LogP contribution is 2.35. The van der Waals surface area contributed by atoms with Gasteiger partial charge in [-0.3, -0.25) is 0 Å². The predicted molar refractivity (Wildman–Crippen MR) is 68.6 cm³/mol. The average molecular weight is 342 g/mol. The lowest BCUT2D eigenvalue weighted by Gasteiger charge is -2.43. The lowest BCUT2D eigenvalue weighted by Crippen LogP contribution is -2.62. The largest absolute Gasteiger partial charge is 0.394 e. The third kappa shape index (κ3) is 3.23. The van der Waals surface area contributed by atoms with Gasteiger partial charge in [-0.2, -0.15) is 0 Å². The Morgan fingerprint density at radius 1 is 0.783 bits per heavy atom. The summed E-state index contributed by atoms with van der Waals surface area (Å²) in [5.41, 5.74) is 0. The van der Waals surface area contributed by atoms with E-state index in [1.54, 1.807) is 0 Å². The van der Waals surface area contributed by atoms with Gasteiger partial charge in [-0.1, -0.05) is 0 Å². The molecule has 9 atom stereocenters. The van der Waals surface area contributed by atoms with Crippen LogP contribution in [0.1, 0.15) is 0 Å². The van der Waals surface area contributed by atoms with E-state index in [1.807, 2.05) is 0 Å². The summed E-state index contributed by atoms with van der Waals surface area (Å²) in [5.74, 6) is -2.22. The maximum absolute atomic E-state index is 10.00. The molecule has 0 aromatic rings. The van der Waals surface area contributed by atoms with E-state index >= 15 is 0 Å². The Bertz CT molecular complexity index is 393. The van der Waals surface area contributed by atoms with Crippen molar-refractivity contribution in [2.45, 2.75) is 54.8 Å². The summed E-state index contributed by atoms with van der Waals surface area (Å²) in [6, 6.07) is 0. The molecule has 0 aromatic carbocycles. The molecule has 2 rings (SSSR count). The molecule has 0 saturated carbocycles. The van der Waals surface area contributed by atoms with Crippen LogP contribution in [0.4, 0.5) is 0 Å². The quantitative estimate of drug-likeness (QED) is 0.238. The first-order valence-corrected chi connectivity index (χ1v) is 7.05. The van der Waals surface area contributed by atoms with E-state index in [0.717, 1.165) is 0 Å². The lowest BCUT2D eigenvalue weighted by atomic mass is 9.99. The van der Waals surface area contributed by atoms with Crippen molar-refractivity contribution in [3.05, 3.63) is 0 Å². The summed E-state index contributed by atoms with van der Waals surface area (Å²) >= 11 is 0. The van der Waals surface area contributed by atoms with Crippen LogP contribution in [0.2, 0.25) is 0 Å². The number of rotatable bonds is 5. The zero-order valence-electron chi connectivity index (χ0n) is 12.0. The fraction of sp³-hybridized carbons (Fsp3) is 1.00. The standard InChI is InChI=1S/C12H22O11/c13-1-4-6(16)8(18)9(19)11(21-4)23-12(3-15)10(20)7(17)5(2-14)22-12/h4-11,13-20H,1-3H2/t4-,5-,6-,7-,8-,9-,10+,11?,12?/m1/s1. The normalized spacial score (nSPS) is 51.1. The molecule has 2 aliphatic heterocycles. The van der Waals surface area contributed by atoms with Crippen molar-refractivity contribution < 1.29 is 55.1 Å². The summed E-state index contributed by atoms with van der Waals surface area (Å²) in [7, 11) is 0. The molecule has 11 heteroatoms. The van der Waals surface area contributed by atoms with Crippen LogP contribution in [0.3, 0.4) is 0 Å². The van der Waals surface area contributed by atoms with Crippen molar-refractivity contribution in [1.82, 2.24) is 0 Å². The third-order valence-corrected chi connectivity index (χ3v) is 4.07. The number of aliphatic hydroxyl groups is 8. The summed E-state index contributed by atoms with van der Waals surface area (Å²) in [4.78, 5) is 0. The van der Waals surface area contributed by atoms with Crippen LogP contribution in [0.15, 0.2) is 0 Å². The number of aliphatic hydroxyl groups excluding tert-OH is 8. The average Bonchev–Trinajstić information content (AvgIpc) is 2.80. The van der Waals surface area contributed by atoms with E-state index in [4.69, 9.17) is 24.4 Å². The molecule has 0 aromatic heterocycles. The van der Waals surface area contributed by atoms with Crippen LogP contribution >= 0.6 is 0 Å². The molecule has 0 amide bonds. The number of hydrogen-bond acceptors (Lipinski definition) is 11. The molecular weight excluding hydrogens is 320 g/mol. The van der Waals surface area contributed by atoms with Crippen LogP contribution in [-0.4, -0.2) is 115 Å². The summed E-state index contributed by atoms with van der Waals surface area (Å²) in [6.07, 6.45) is -12.7. The van der Waals surface area contributed by atoms with Gasteiger partial charge < -0.3 is 55.1 Å². The molecule has 2 fully saturated rings. The Hall–Kier alpha value is -0.440. The second-order valence-electron chi connectivity index (χ2n) is 5.56. The van der Waals surface area contributed by atoms with Crippen molar-refractivity contribution in [2.24, 2.45) is 0 Å². The summed E-state index contributed by atoms with van der Waals surface area (Å²) < 4.78 is 15.4. The van der Waals surface area contributed by atoms with Crippen LogP contribution in [0.25, 0.3) is 0 Å². The Balaban J connectivity index is 2.18. The Morgan fingerprint density at radius 2 is 1.39 bits per heavy atom. The van der Waals surface area contributed by atoms with Crippen molar-refractivity contribution in [2.75, 3.05) is 19.8 Å². The smallest absolute Gasteiger partial charge is 0.224 e. The first kappa shape index (κ1) is 18.9. The fourth-order valence-electron chi connectivity index (χ4n) is 2.63. The van der Waals surface area contributed by atoms with E-state index in [-0.39, 0.29) is 0 Å². The van der Waals surface area contributed by atoms with E-state index in [2.05, 4.69) is 0 Å². The van der Waals surface area contributed by atoms with Gasteiger partial charge in [0.2, 0.25) is 5.79 Å². The lowest BCUT2D eigenvalue weighted by molar-refractivity contribution is -0.383. The third-order valence-electron chi connectivity index (χ3n) is 4.07. The molecule has 2 heterocycles. The Labute approximate surface area is 130 Å². The summed E-state index contributed by atoms with van der Waals surface area (Å²) in [5, 5.41) is 76.7.